The summed E-state index contributed by atoms with van der Waals surface area (Å²) in [5, 5.41) is 5.16. The first-order valence-electron chi connectivity index (χ1n) is 8.86. The van der Waals surface area contributed by atoms with E-state index in [1.54, 1.807) is 18.3 Å². The highest BCUT2D eigenvalue weighted by atomic mass is 35.5. The molecule has 3 heterocycles. The average Bonchev–Trinajstić information content (AvgIpc) is 3.13. The molecule has 2 aliphatic rings. The van der Waals surface area contributed by atoms with Crippen LogP contribution < -0.4 is 0 Å². The Morgan fingerprint density at radius 1 is 1.35 bits per heavy atom. The van der Waals surface area contributed by atoms with Crippen LogP contribution in [0.5, 0.6) is 0 Å². The number of cyclic esters (lactones) is 1. The summed E-state index contributed by atoms with van der Waals surface area (Å²) in [6, 6.07) is 6.36. The summed E-state index contributed by atoms with van der Waals surface area (Å²) >= 11 is 5.89. The molecule has 1 aliphatic carbocycles. The largest absolute Gasteiger partial charge is 0.456 e. The molecule has 0 atom stereocenters. The van der Waals surface area contributed by atoms with E-state index in [1.165, 1.54) is 19.3 Å². The van der Waals surface area contributed by atoms with Gasteiger partial charge in [0.15, 0.2) is 0 Å². The zero-order valence-electron chi connectivity index (χ0n) is 14.7. The second-order valence-electron chi connectivity index (χ2n) is 6.89. The molecular weight excluding hydrogens is 352 g/mol. The first-order valence-corrected chi connectivity index (χ1v) is 9.24. The van der Waals surface area contributed by atoms with Crippen molar-refractivity contribution in [3.63, 3.8) is 0 Å². The smallest absolute Gasteiger partial charge is 0.333 e. The molecule has 0 aromatic carbocycles. The van der Waals surface area contributed by atoms with Gasteiger partial charge >= 0.3 is 5.97 Å². The Morgan fingerprint density at radius 2 is 2.19 bits per heavy atom. The topological polar surface area (TPSA) is 60.3 Å². The molecule has 2 aromatic heterocycles. The van der Waals surface area contributed by atoms with Crippen LogP contribution in [0, 0.1) is 6.92 Å². The van der Waals surface area contributed by atoms with Crippen LogP contribution in [0.1, 0.15) is 42.3 Å². The second-order valence-corrected chi connectivity index (χ2v) is 7.28. The molecule has 7 heteroatoms. The molecule has 0 amide bonds. The summed E-state index contributed by atoms with van der Waals surface area (Å²) in [5.41, 5.74) is 4.09. The minimum absolute atomic E-state index is 0.289. The summed E-state index contributed by atoms with van der Waals surface area (Å²) in [6.07, 6.45) is 6.96. The molecule has 0 N–H and O–H groups in total. The summed E-state index contributed by atoms with van der Waals surface area (Å²) in [6.45, 7) is 3.62. The van der Waals surface area contributed by atoms with E-state index in [2.05, 4.69) is 25.7 Å². The number of carbonyl (C=O) groups excluding carboxylic acids is 1. The van der Waals surface area contributed by atoms with Crippen LogP contribution in [0.4, 0.5) is 0 Å². The lowest BCUT2D eigenvalue weighted by Crippen LogP contribution is -2.27. The van der Waals surface area contributed by atoms with Crippen LogP contribution in [0.2, 0.25) is 5.15 Å². The van der Waals surface area contributed by atoms with Crippen molar-refractivity contribution in [1.29, 1.82) is 0 Å². The Balaban J connectivity index is 1.60. The van der Waals surface area contributed by atoms with Gasteiger partial charge in [-0.2, -0.15) is 5.10 Å². The van der Waals surface area contributed by atoms with Gasteiger partial charge < -0.3 is 9.64 Å². The van der Waals surface area contributed by atoms with Gasteiger partial charge in [0.2, 0.25) is 0 Å². The third-order valence-corrected chi connectivity index (χ3v) is 5.15. The van der Waals surface area contributed by atoms with E-state index in [-0.39, 0.29) is 5.97 Å². The van der Waals surface area contributed by atoms with Gasteiger partial charge in [-0.15, -0.1) is 0 Å². The molecule has 0 radical (unpaired) electrons. The van der Waals surface area contributed by atoms with Gasteiger partial charge in [0.1, 0.15) is 11.8 Å². The van der Waals surface area contributed by atoms with Crippen LogP contribution in [-0.4, -0.2) is 32.2 Å². The van der Waals surface area contributed by atoms with E-state index in [0.717, 1.165) is 22.6 Å². The maximum absolute atomic E-state index is 11.6. The van der Waals surface area contributed by atoms with Crippen molar-refractivity contribution in [3.8, 4) is 0 Å². The first kappa shape index (κ1) is 17.1. The zero-order valence-corrected chi connectivity index (χ0v) is 15.4. The number of rotatable bonds is 6. The number of nitrogens with zero attached hydrogens (tertiary/aromatic N) is 4. The Morgan fingerprint density at radius 3 is 2.81 bits per heavy atom. The maximum atomic E-state index is 11.6. The zero-order chi connectivity index (χ0) is 18.1. The fourth-order valence-electron chi connectivity index (χ4n) is 3.36. The number of ether oxygens (including phenoxy) is 1. The lowest BCUT2D eigenvalue weighted by molar-refractivity contribution is -0.135. The molecule has 6 nitrogen and oxygen atoms in total. The molecule has 0 bridgehead atoms. The minimum atomic E-state index is -0.289. The van der Waals surface area contributed by atoms with E-state index < -0.39 is 0 Å². The summed E-state index contributed by atoms with van der Waals surface area (Å²) in [4.78, 5) is 17.9. The van der Waals surface area contributed by atoms with Crippen LogP contribution in [0.15, 0.2) is 36.2 Å². The van der Waals surface area contributed by atoms with Crippen molar-refractivity contribution in [1.82, 2.24) is 19.7 Å². The van der Waals surface area contributed by atoms with Crippen molar-refractivity contribution in [3.05, 3.63) is 58.3 Å². The van der Waals surface area contributed by atoms with Crippen molar-refractivity contribution in [2.75, 3.05) is 6.61 Å². The van der Waals surface area contributed by atoms with Crippen LogP contribution in [0.25, 0.3) is 0 Å². The standard InChI is InChI=1S/C19H21ClN4O2/c1-13-7-16(24(22-13)15-3-2-4-15)11-23(17-8-19(25)26-12-17)10-14-5-6-18(20)21-9-14/h5-9,15H,2-4,10-12H2,1H3. The number of halogens is 1. The molecule has 26 heavy (non-hydrogen) atoms. The Labute approximate surface area is 157 Å². The molecular formula is C19H21ClN4O2. The highest BCUT2D eigenvalue weighted by Gasteiger charge is 2.25. The predicted molar refractivity (Wildman–Crippen MR) is 97.4 cm³/mol. The third-order valence-electron chi connectivity index (χ3n) is 4.92. The SMILES string of the molecule is Cc1cc(CN(Cc2ccc(Cl)nc2)C2=CC(=O)OC2)n(C2CCC2)n1. The molecule has 0 saturated heterocycles. The normalized spacial score (nSPS) is 17.0. The van der Waals surface area contributed by atoms with Gasteiger partial charge in [0, 0.05) is 18.8 Å². The van der Waals surface area contributed by atoms with E-state index in [1.807, 2.05) is 13.0 Å². The fourth-order valence-corrected chi connectivity index (χ4v) is 3.47. The van der Waals surface area contributed by atoms with Crippen LogP contribution in [-0.2, 0) is 22.6 Å². The Hall–Kier alpha value is -2.34. The lowest BCUT2D eigenvalue weighted by Gasteiger charge is -2.30. The Bertz CT molecular complexity index is 840. The van der Waals surface area contributed by atoms with Gasteiger partial charge in [0.05, 0.1) is 29.7 Å². The quantitative estimate of drug-likeness (QED) is 0.574. The molecule has 4 rings (SSSR count). The van der Waals surface area contributed by atoms with Gasteiger partial charge in [0.25, 0.3) is 0 Å². The van der Waals surface area contributed by atoms with E-state index in [9.17, 15) is 4.79 Å². The first-order chi connectivity index (χ1) is 12.6. The summed E-state index contributed by atoms with van der Waals surface area (Å²) in [7, 11) is 0. The van der Waals surface area contributed by atoms with E-state index in [0.29, 0.717) is 30.9 Å². The molecule has 1 fully saturated rings. The third kappa shape index (κ3) is 3.60. The van der Waals surface area contributed by atoms with Gasteiger partial charge in [-0.05, 0) is 43.9 Å². The van der Waals surface area contributed by atoms with Gasteiger partial charge in [-0.25, -0.2) is 9.78 Å². The number of hydrogen-bond donors (Lipinski definition) is 0. The summed E-state index contributed by atoms with van der Waals surface area (Å²) < 4.78 is 7.28. The number of esters is 1. The maximum Gasteiger partial charge on any atom is 0.333 e. The minimum Gasteiger partial charge on any atom is -0.456 e. The predicted octanol–water partition coefficient (Wildman–Crippen LogP) is 3.41. The van der Waals surface area contributed by atoms with E-state index in [4.69, 9.17) is 16.3 Å². The lowest BCUT2D eigenvalue weighted by atomic mass is 9.93. The van der Waals surface area contributed by atoms with Crippen molar-refractivity contribution < 1.29 is 9.53 Å². The number of carbonyl (C=O) groups is 1. The number of pyridine rings is 1. The van der Waals surface area contributed by atoms with E-state index >= 15 is 0 Å². The molecule has 1 saturated carbocycles. The highest BCUT2D eigenvalue weighted by molar-refractivity contribution is 6.29. The van der Waals surface area contributed by atoms with Crippen molar-refractivity contribution in [2.24, 2.45) is 0 Å². The van der Waals surface area contributed by atoms with Gasteiger partial charge in [-0.1, -0.05) is 17.7 Å². The van der Waals surface area contributed by atoms with Crippen molar-refractivity contribution in [2.45, 2.75) is 45.3 Å². The molecule has 136 valence electrons. The molecule has 1 aliphatic heterocycles. The number of hydrogen-bond acceptors (Lipinski definition) is 5. The van der Waals surface area contributed by atoms with Crippen LogP contribution in [0.3, 0.4) is 0 Å². The summed E-state index contributed by atoms with van der Waals surface area (Å²) in [5.74, 6) is -0.289. The number of aryl methyl sites for hydroxylation is 1. The second kappa shape index (κ2) is 7.11. The monoisotopic (exact) mass is 372 g/mol. The van der Waals surface area contributed by atoms with Crippen LogP contribution >= 0.6 is 11.6 Å². The average molecular weight is 373 g/mol. The van der Waals surface area contributed by atoms with Gasteiger partial charge in [-0.3, -0.25) is 4.68 Å². The Kier molecular flexibility index (Phi) is 4.68. The number of aromatic nitrogens is 3. The molecule has 0 spiro atoms. The highest BCUT2D eigenvalue weighted by Crippen LogP contribution is 2.33. The molecule has 2 aromatic rings. The fraction of sp³-hybridized carbons (Fsp3) is 0.421. The van der Waals surface area contributed by atoms with Crippen molar-refractivity contribution >= 4 is 17.6 Å². The molecule has 0 unspecified atom stereocenters.